The van der Waals surface area contributed by atoms with Gasteiger partial charge in [-0.1, -0.05) is 24.3 Å². The van der Waals surface area contributed by atoms with Crippen molar-refractivity contribution in [3.05, 3.63) is 53.1 Å². The van der Waals surface area contributed by atoms with E-state index < -0.39 is 0 Å². The van der Waals surface area contributed by atoms with Crippen LogP contribution in [0.5, 0.6) is 17.2 Å². The summed E-state index contributed by atoms with van der Waals surface area (Å²) in [6, 6.07) is 11.6. The van der Waals surface area contributed by atoms with Crippen LogP contribution in [0.15, 0.2) is 36.4 Å². The molecule has 126 valence electrons. The molecule has 1 aliphatic carbocycles. The van der Waals surface area contributed by atoms with Gasteiger partial charge in [0.05, 0.1) is 32.9 Å². The molecular weight excluding hydrogens is 306 g/mol. The summed E-state index contributed by atoms with van der Waals surface area (Å²) in [5, 5.41) is 3.10. The predicted molar refractivity (Wildman–Crippen MR) is 91.1 cm³/mol. The second-order valence-electron chi connectivity index (χ2n) is 5.65. The quantitative estimate of drug-likeness (QED) is 0.917. The van der Waals surface area contributed by atoms with Crippen molar-refractivity contribution in [3.8, 4) is 17.2 Å². The molecular formula is C19H21NO4. The number of hydrogen-bond donors (Lipinski definition) is 1. The highest BCUT2D eigenvalue weighted by Crippen LogP contribution is 2.40. The van der Waals surface area contributed by atoms with E-state index >= 15 is 0 Å². The van der Waals surface area contributed by atoms with Crippen LogP contribution < -0.4 is 19.5 Å². The number of hydrogen-bond acceptors (Lipinski definition) is 4. The van der Waals surface area contributed by atoms with Crippen molar-refractivity contribution < 1.29 is 19.0 Å². The Morgan fingerprint density at radius 1 is 1.00 bits per heavy atom. The van der Waals surface area contributed by atoms with Crippen LogP contribution in [0.2, 0.25) is 0 Å². The van der Waals surface area contributed by atoms with E-state index in [0.717, 1.165) is 12.8 Å². The summed E-state index contributed by atoms with van der Waals surface area (Å²) in [6.07, 6.45) is 1.88. The number of fused-ring (bicyclic) bond motifs is 1. The number of carbonyl (C=O) groups is 1. The molecule has 1 N–H and O–H groups in total. The second-order valence-corrected chi connectivity index (χ2v) is 5.65. The number of carbonyl (C=O) groups excluding carboxylic acids is 1. The molecule has 0 saturated heterocycles. The van der Waals surface area contributed by atoms with Gasteiger partial charge in [-0.05, 0) is 36.1 Å². The Balaban J connectivity index is 1.89. The Labute approximate surface area is 141 Å². The van der Waals surface area contributed by atoms with Gasteiger partial charge in [0.25, 0.3) is 5.91 Å². The molecule has 0 bridgehead atoms. The topological polar surface area (TPSA) is 56.8 Å². The summed E-state index contributed by atoms with van der Waals surface area (Å²) < 4.78 is 16.0. The summed E-state index contributed by atoms with van der Waals surface area (Å²) in [7, 11) is 4.58. The van der Waals surface area contributed by atoms with Gasteiger partial charge in [-0.3, -0.25) is 4.79 Å². The standard InChI is InChI=1S/C19H21NO4/c1-22-16-11-9-14(17(23-2)18(16)24-3)19(21)20-15-10-8-12-6-4-5-7-13(12)15/h4-7,9,11,15H,8,10H2,1-3H3,(H,20,21)/t15-/m1/s1. The molecule has 24 heavy (non-hydrogen) atoms. The summed E-state index contributed by atoms with van der Waals surface area (Å²) in [6.45, 7) is 0. The Morgan fingerprint density at radius 3 is 2.46 bits per heavy atom. The summed E-state index contributed by atoms with van der Waals surface area (Å²) >= 11 is 0. The highest BCUT2D eigenvalue weighted by molar-refractivity contribution is 5.98. The zero-order valence-electron chi connectivity index (χ0n) is 14.1. The molecule has 1 aliphatic rings. The number of rotatable bonds is 5. The van der Waals surface area contributed by atoms with E-state index in [9.17, 15) is 4.79 Å². The zero-order valence-corrected chi connectivity index (χ0v) is 14.1. The van der Waals surface area contributed by atoms with E-state index in [-0.39, 0.29) is 11.9 Å². The molecule has 0 unspecified atom stereocenters. The van der Waals surface area contributed by atoms with Crippen molar-refractivity contribution in [2.75, 3.05) is 21.3 Å². The third kappa shape index (κ3) is 2.77. The first kappa shape index (κ1) is 16.2. The smallest absolute Gasteiger partial charge is 0.255 e. The number of nitrogens with one attached hydrogen (secondary N) is 1. The zero-order chi connectivity index (χ0) is 17.1. The number of aryl methyl sites for hydroxylation is 1. The Hall–Kier alpha value is -2.69. The van der Waals surface area contributed by atoms with Crippen LogP contribution in [-0.2, 0) is 6.42 Å². The van der Waals surface area contributed by atoms with Gasteiger partial charge >= 0.3 is 0 Å². The van der Waals surface area contributed by atoms with Crippen molar-refractivity contribution in [1.82, 2.24) is 5.32 Å². The molecule has 0 saturated carbocycles. The van der Waals surface area contributed by atoms with Crippen molar-refractivity contribution in [2.45, 2.75) is 18.9 Å². The van der Waals surface area contributed by atoms with Gasteiger partial charge in [0.1, 0.15) is 0 Å². The maximum Gasteiger partial charge on any atom is 0.255 e. The predicted octanol–water partition coefficient (Wildman–Crippen LogP) is 3.13. The third-order valence-electron chi connectivity index (χ3n) is 4.39. The fourth-order valence-corrected chi connectivity index (χ4v) is 3.22. The van der Waals surface area contributed by atoms with E-state index in [1.54, 1.807) is 19.2 Å². The number of methoxy groups -OCH3 is 3. The van der Waals surface area contributed by atoms with Crippen molar-refractivity contribution in [2.24, 2.45) is 0 Å². The SMILES string of the molecule is COc1ccc(C(=O)N[C@@H]2CCc3ccccc32)c(OC)c1OC. The van der Waals surface area contributed by atoms with Crippen LogP contribution in [0, 0.1) is 0 Å². The third-order valence-corrected chi connectivity index (χ3v) is 4.39. The summed E-state index contributed by atoms with van der Waals surface area (Å²) in [5.41, 5.74) is 2.91. The van der Waals surface area contributed by atoms with Crippen molar-refractivity contribution >= 4 is 5.91 Å². The maximum absolute atomic E-state index is 12.8. The van der Waals surface area contributed by atoms with Crippen LogP contribution in [-0.4, -0.2) is 27.2 Å². The molecule has 0 aliphatic heterocycles. The molecule has 0 heterocycles. The van der Waals surface area contributed by atoms with Crippen LogP contribution in [0.4, 0.5) is 0 Å². The van der Waals surface area contributed by atoms with E-state index in [2.05, 4.69) is 17.4 Å². The minimum Gasteiger partial charge on any atom is -0.493 e. The minimum absolute atomic E-state index is 0.0199. The molecule has 0 aromatic heterocycles. The lowest BCUT2D eigenvalue weighted by Gasteiger charge is -2.18. The Morgan fingerprint density at radius 2 is 1.75 bits per heavy atom. The summed E-state index contributed by atoms with van der Waals surface area (Å²) in [4.78, 5) is 12.8. The van der Waals surface area contributed by atoms with Crippen molar-refractivity contribution in [3.63, 3.8) is 0 Å². The average Bonchev–Trinajstić information content (AvgIpc) is 3.03. The Kier molecular flexibility index (Phi) is 4.60. The fourth-order valence-electron chi connectivity index (χ4n) is 3.22. The number of benzene rings is 2. The van der Waals surface area contributed by atoms with Crippen LogP contribution in [0.1, 0.15) is 33.9 Å². The first-order valence-corrected chi connectivity index (χ1v) is 7.87. The van der Waals surface area contributed by atoms with E-state index in [4.69, 9.17) is 14.2 Å². The minimum atomic E-state index is -0.186. The van der Waals surface area contributed by atoms with Gasteiger partial charge < -0.3 is 19.5 Å². The summed E-state index contributed by atoms with van der Waals surface area (Å²) in [5.74, 6) is 1.13. The van der Waals surface area contributed by atoms with E-state index in [0.29, 0.717) is 22.8 Å². The first-order valence-electron chi connectivity index (χ1n) is 7.87. The van der Waals surface area contributed by atoms with E-state index in [1.807, 2.05) is 12.1 Å². The van der Waals surface area contributed by atoms with Gasteiger partial charge in [0, 0.05) is 0 Å². The van der Waals surface area contributed by atoms with Gasteiger partial charge in [0.2, 0.25) is 5.75 Å². The fraction of sp³-hybridized carbons (Fsp3) is 0.316. The monoisotopic (exact) mass is 327 g/mol. The van der Waals surface area contributed by atoms with Gasteiger partial charge in [-0.2, -0.15) is 0 Å². The molecule has 5 nitrogen and oxygen atoms in total. The molecule has 0 fully saturated rings. The molecule has 1 amide bonds. The lowest BCUT2D eigenvalue weighted by atomic mass is 10.1. The van der Waals surface area contributed by atoms with Gasteiger partial charge in [-0.15, -0.1) is 0 Å². The van der Waals surface area contributed by atoms with Gasteiger partial charge in [0.15, 0.2) is 11.5 Å². The molecule has 3 rings (SSSR count). The molecule has 1 atom stereocenters. The second kappa shape index (κ2) is 6.83. The maximum atomic E-state index is 12.8. The van der Waals surface area contributed by atoms with Crippen molar-refractivity contribution in [1.29, 1.82) is 0 Å². The first-order chi connectivity index (χ1) is 11.7. The number of ether oxygens (including phenoxy) is 3. The molecule has 2 aromatic rings. The van der Waals surface area contributed by atoms with Gasteiger partial charge in [-0.25, -0.2) is 0 Å². The lowest BCUT2D eigenvalue weighted by molar-refractivity contribution is 0.0933. The molecule has 0 spiro atoms. The highest BCUT2D eigenvalue weighted by atomic mass is 16.5. The van der Waals surface area contributed by atoms with E-state index in [1.165, 1.54) is 25.3 Å². The Bertz CT molecular complexity index is 757. The molecule has 0 radical (unpaired) electrons. The van der Waals surface area contributed by atoms with Crippen LogP contribution in [0.25, 0.3) is 0 Å². The number of amides is 1. The normalized spacial score (nSPS) is 15.5. The lowest BCUT2D eigenvalue weighted by Crippen LogP contribution is -2.27. The highest BCUT2D eigenvalue weighted by Gasteiger charge is 2.26. The molecule has 2 aromatic carbocycles. The van der Waals surface area contributed by atoms with Crippen LogP contribution in [0.3, 0.4) is 0 Å². The van der Waals surface area contributed by atoms with Crippen LogP contribution >= 0.6 is 0 Å². The largest absolute Gasteiger partial charge is 0.493 e. The average molecular weight is 327 g/mol. The molecule has 5 heteroatoms.